The van der Waals surface area contributed by atoms with Crippen LogP contribution in [0.3, 0.4) is 0 Å². The summed E-state index contributed by atoms with van der Waals surface area (Å²) in [5.41, 5.74) is 0. The Kier molecular flexibility index (Phi) is 4.05. The van der Waals surface area contributed by atoms with Gasteiger partial charge in [0.15, 0.2) is 0 Å². The molecule has 0 aromatic carbocycles. The molecule has 2 aromatic heterocycles. The van der Waals surface area contributed by atoms with Gasteiger partial charge in [-0.3, -0.25) is 4.57 Å². The van der Waals surface area contributed by atoms with Gasteiger partial charge in [0.25, 0.3) is 0 Å². The average Bonchev–Trinajstić information content (AvgIpc) is 2.90. The number of imidazole rings is 1. The van der Waals surface area contributed by atoms with Crippen LogP contribution in [0.2, 0.25) is 5.28 Å². The van der Waals surface area contributed by atoms with Crippen molar-refractivity contribution in [2.24, 2.45) is 11.8 Å². The molecule has 0 bridgehead atoms. The monoisotopic (exact) mass is 306 g/mol. The summed E-state index contributed by atoms with van der Waals surface area (Å²) in [5, 5.41) is 3.59. The highest BCUT2D eigenvalue weighted by atomic mass is 35.5. The molecule has 0 amide bonds. The highest BCUT2D eigenvalue weighted by Crippen LogP contribution is 2.30. The van der Waals surface area contributed by atoms with E-state index in [0.717, 1.165) is 24.7 Å². The molecule has 3 rings (SSSR count). The Morgan fingerprint density at radius 1 is 1.14 bits per heavy atom. The van der Waals surface area contributed by atoms with E-state index in [1.807, 2.05) is 0 Å². The maximum Gasteiger partial charge on any atom is 0.241 e. The second-order valence-electron chi connectivity index (χ2n) is 5.96. The van der Waals surface area contributed by atoms with E-state index in [4.69, 9.17) is 11.6 Å². The maximum atomic E-state index is 6.01. The van der Waals surface area contributed by atoms with E-state index in [-0.39, 0.29) is 5.28 Å². The lowest BCUT2D eigenvalue weighted by atomic mass is 9.80. The predicted molar refractivity (Wildman–Crippen MR) is 81.5 cm³/mol. The molecule has 0 radical (unpaired) electrons. The molecule has 0 spiro atoms. The first kappa shape index (κ1) is 14.3. The number of rotatable bonds is 3. The van der Waals surface area contributed by atoms with Crippen LogP contribution < -0.4 is 5.32 Å². The number of anilines is 1. The summed E-state index contributed by atoms with van der Waals surface area (Å²) in [7, 11) is 0. The summed E-state index contributed by atoms with van der Waals surface area (Å²) in [5.74, 6) is 2.45. The standard InChI is InChI=1S/C14H19ClN6/c1-9-5-10(2)7-11(6-9)17-13-18-12(15)19-14(20-13)21-4-3-16-8-21/h3-4,8-11H,5-7H2,1-2H3,(H,17,18,19,20). The van der Waals surface area contributed by atoms with Gasteiger partial charge < -0.3 is 5.32 Å². The molecule has 112 valence electrons. The van der Waals surface area contributed by atoms with E-state index in [0.29, 0.717) is 17.9 Å². The molecular weight excluding hydrogens is 288 g/mol. The third kappa shape index (κ3) is 3.50. The van der Waals surface area contributed by atoms with Crippen molar-refractivity contribution in [3.8, 4) is 5.95 Å². The van der Waals surface area contributed by atoms with Crippen molar-refractivity contribution in [1.82, 2.24) is 24.5 Å². The highest BCUT2D eigenvalue weighted by molar-refractivity contribution is 6.28. The molecule has 2 heterocycles. The van der Waals surface area contributed by atoms with Gasteiger partial charge in [-0.1, -0.05) is 13.8 Å². The molecule has 1 N–H and O–H groups in total. The summed E-state index contributed by atoms with van der Waals surface area (Å²) >= 11 is 6.01. The minimum absolute atomic E-state index is 0.188. The molecular formula is C14H19ClN6. The highest BCUT2D eigenvalue weighted by Gasteiger charge is 2.24. The molecule has 1 saturated carbocycles. The van der Waals surface area contributed by atoms with Gasteiger partial charge in [-0.25, -0.2) is 4.98 Å². The molecule has 6 nitrogen and oxygen atoms in total. The summed E-state index contributed by atoms with van der Waals surface area (Å²) in [6, 6.07) is 0.387. The molecule has 1 aliphatic rings. The van der Waals surface area contributed by atoms with Gasteiger partial charge in [0.1, 0.15) is 6.33 Å². The first-order valence-electron chi connectivity index (χ1n) is 7.26. The zero-order valence-electron chi connectivity index (χ0n) is 12.2. The molecule has 0 aliphatic heterocycles. The van der Waals surface area contributed by atoms with E-state index >= 15 is 0 Å². The fourth-order valence-corrected chi connectivity index (χ4v) is 3.30. The Morgan fingerprint density at radius 2 is 1.90 bits per heavy atom. The number of hydrogen-bond acceptors (Lipinski definition) is 5. The first-order valence-corrected chi connectivity index (χ1v) is 7.64. The number of nitrogens with one attached hydrogen (secondary N) is 1. The summed E-state index contributed by atoms with van der Waals surface area (Å²) < 4.78 is 1.71. The van der Waals surface area contributed by atoms with Crippen LogP contribution in [0.5, 0.6) is 0 Å². The van der Waals surface area contributed by atoms with Gasteiger partial charge in [-0.05, 0) is 42.7 Å². The zero-order valence-corrected chi connectivity index (χ0v) is 13.0. The largest absolute Gasteiger partial charge is 0.351 e. The number of aromatic nitrogens is 5. The number of nitrogens with zero attached hydrogens (tertiary/aromatic N) is 5. The van der Waals surface area contributed by atoms with Crippen molar-refractivity contribution < 1.29 is 0 Å². The Morgan fingerprint density at radius 3 is 2.57 bits per heavy atom. The number of halogens is 1. The van der Waals surface area contributed by atoms with Gasteiger partial charge in [-0.2, -0.15) is 15.0 Å². The van der Waals surface area contributed by atoms with Crippen LogP contribution in [-0.2, 0) is 0 Å². The van der Waals surface area contributed by atoms with Crippen molar-refractivity contribution in [1.29, 1.82) is 0 Å². The van der Waals surface area contributed by atoms with Crippen molar-refractivity contribution in [2.75, 3.05) is 5.32 Å². The van der Waals surface area contributed by atoms with Crippen LogP contribution in [-0.4, -0.2) is 30.5 Å². The molecule has 7 heteroatoms. The average molecular weight is 307 g/mol. The van der Waals surface area contributed by atoms with E-state index < -0.39 is 0 Å². The quantitative estimate of drug-likeness (QED) is 0.944. The van der Waals surface area contributed by atoms with E-state index in [9.17, 15) is 0 Å². The Labute approximate surface area is 129 Å². The van der Waals surface area contributed by atoms with Crippen LogP contribution in [0.15, 0.2) is 18.7 Å². The molecule has 2 atom stereocenters. The fraction of sp³-hybridized carbons (Fsp3) is 0.571. The predicted octanol–water partition coefficient (Wildman–Crippen LogP) is 2.95. The topological polar surface area (TPSA) is 68.5 Å². The minimum atomic E-state index is 0.188. The van der Waals surface area contributed by atoms with E-state index in [1.165, 1.54) is 6.42 Å². The minimum Gasteiger partial charge on any atom is -0.351 e. The maximum absolute atomic E-state index is 6.01. The van der Waals surface area contributed by atoms with Crippen LogP contribution in [0.4, 0.5) is 5.95 Å². The summed E-state index contributed by atoms with van der Waals surface area (Å²) in [6.07, 6.45) is 8.65. The number of hydrogen-bond donors (Lipinski definition) is 1. The summed E-state index contributed by atoms with van der Waals surface area (Å²) in [4.78, 5) is 16.7. The Hall–Kier alpha value is -1.69. The van der Waals surface area contributed by atoms with Crippen molar-refractivity contribution in [3.05, 3.63) is 24.0 Å². The van der Waals surface area contributed by atoms with Crippen LogP contribution >= 0.6 is 11.6 Å². The third-order valence-corrected chi connectivity index (χ3v) is 4.01. The lowest BCUT2D eigenvalue weighted by Crippen LogP contribution is -2.31. The van der Waals surface area contributed by atoms with Gasteiger partial charge in [-0.15, -0.1) is 0 Å². The lowest BCUT2D eigenvalue weighted by Gasteiger charge is -2.31. The van der Waals surface area contributed by atoms with Gasteiger partial charge in [0.05, 0.1) is 0 Å². The molecule has 1 aliphatic carbocycles. The zero-order chi connectivity index (χ0) is 14.8. The van der Waals surface area contributed by atoms with E-state index in [2.05, 4.69) is 39.1 Å². The molecule has 2 aromatic rings. The SMILES string of the molecule is CC1CC(C)CC(Nc2nc(Cl)nc(-n3ccnc3)n2)C1. The van der Waals surface area contributed by atoms with Gasteiger partial charge in [0.2, 0.25) is 17.2 Å². The van der Waals surface area contributed by atoms with Crippen LogP contribution in [0.1, 0.15) is 33.1 Å². The molecule has 2 unspecified atom stereocenters. The molecule has 0 saturated heterocycles. The van der Waals surface area contributed by atoms with Crippen LogP contribution in [0.25, 0.3) is 5.95 Å². The fourth-order valence-electron chi connectivity index (χ4n) is 3.14. The lowest BCUT2D eigenvalue weighted by molar-refractivity contribution is 0.280. The second kappa shape index (κ2) is 5.97. The normalized spacial score (nSPS) is 25.8. The van der Waals surface area contributed by atoms with Gasteiger partial charge in [0, 0.05) is 18.4 Å². The van der Waals surface area contributed by atoms with Crippen LogP contribution in [0, 0.1) is 11.8 Å². The second-order valence-corrected chi connectivity index (χ2v) is 6.29. The Bertz CT molecular complexity index is 590. The Balaban J connectivity index is 1.79. The third-order valence-electron chi connectivity index (χ3n) is 3.84. The first-order chi connectivity index (χ1) is 10.1. The smallest absolute Gasteiger partial charge is 0.241 e. The summed E-state index contributed by atoms with van der Waals surface area (Å²) in [6.45, 7) is 4.59. The van der Waals surface area contributed by atoms with Crippen molar-refractivity contribution in [2.45, 2.75) is 39.2 Å². The van der Waals surface area contributed by atoms with Crippen molar-refractivity contribution >= 4 is 17.5 Å². The van der Waals surface area contributed by atoms with Gasteiger partial charge >= 0.3 is 0 Å². The van der Waals surface area contributed by atoms with E-state index in [1.54, 1.807) is 23.3 Å². The van der Waals surface area contributed by atoms with Crippen molar-refractivity contribution in [3.63, 3.8) is 0 Å². The molecule has 1 fully saturated rings. The molecule has 21 heavy (non-hydrogen) atoms.